The summed E-state index contributed by atoms with van der Waals surface area (Å²) in [6.45, 7) is -0.0494. The van der Waals surface area contributed by atoms with Gasteiger partial charge >= 0.3 is 5.69 Å². The maximum Gasteiger partial charge on any atom is 0.311 e. The van der Waals surface area contributed by atoms with Crippen LogP contribution in [0.25, 0.3) is 0 Å². The van der Waals surface area contributed by atoms with Crippen molar-refractivity contribution in [2.45, 2.75) is 0 Å². The van der Waals surface area contributed by atoms with Gasteiger partial charge in [-0.25, -0.2) is 0 Å². The first-order chi connectivity index (χ1) is 7.54. The third-order valence-electron chi connectivity index (χ3n) is 1.60. The molecule has 0 heterocycles. The largest absolute Gasteiger partial charge is 0.481 e. The predicted molar refractivity (Wildman–Crippen MR) is 63.4 cm³/mol. The molecule has 0 saturated heterocycles. The molecule has 1 rings (SSSR count). The lowest BCUT2D eigenvalue weighted by Crippen LogP contribution is -2.00. The minimum Gasteiger partial charge on any atom is -0.481 e. The Morgan fingerprint density at radius 1 is 1.56 bits per heavy atom. The molecule has 0 spiro atoms. The summed E-state index contributed by atoms with van der Waals surface area (Å²) in [4.78, 5) is 10.1. The zero-order chi connectivity index (χ0) is 12.1. The van der Waals surface area contributed by atoms with Gasteiger partial charge in [-0.15, -0.1) is 0 Å². The van der Waals surface area contributed by atoms with Crippen molar-refractivity contribution in [3.63, 3.8) is 0 Å². The molecule has 16 heavy (non-hydrogen) atoms. The van der Waals surface area contributed by atoms with Crippen molar-refractivity contribution in [1.82, 2.24) is 0 Å². The Balaban J connectivity index is 2.92. The minimum atomic E-state index is -0.565. The van der Waals surface area contributed by atoms with Gasteiger partial charge in [0, 0.05) is 22.7 Å². The summed E-state index contributed by atoms with van der Waals surface area (Å²) >= 11 is 16.6. The molecule has 0 unspecified atom stereocenters. The number of halogens is 3. The summed E-state index contributed by atoms with van der Waals surface area (Å²) in [5, 5.41) is 11.2. The summed E-state index contributed by atoms with van der Waals surface area (Å²) in [7, 11) is 0. The minimum absolute atomic E-state index is 0.0494. The van der Waals surface area contributed by atoms with Crippen LogP contribution in [0.5, 0.6) is 5.75 Å². The van der Waals surface area contributed by atoms with Crippen LogP contribution in [0.2, 0.25) is 5.02 Å². The van der Waals surface area contributed by atoms with Crippen LogP contribution >= 0.6 is 34.8 Å². The monoisotopic (exact) mass is 281 g/mol. The molecule has 0 saturated carbocycles. The number of hydrogen-bond donors (Lipinski definition) is 0. The fourth-order valence-electron chi connectivity index (χ4n) is 0.933. The number of rotatable bonds is 4. The van der Waals surface area contributed by atoms with E-state index in [2.05, 4.69) is 0 Å². The molecular weight excluding hydrogens is 276 g/mol. The molecule has 1 aromatic rings. The normalized spacial score (nSPS) is 11.3. The van der Waals surface area contributed by atoms with Crippen molar-refractivity contribution in [3.8, 4) is 5.75 Å². The van der Waals surface area contributed by atoms with Crippen LogP contribution in [-0.4, -0.2) is 11.5 Å². The SMILES string of the molecule is O=[N+]([O-])c1ccc(Cl)cc1OCC(Cl)=CCl. The van der Waals surface area contributed by atoms with E-state index in [0.717, 1.165) is 5.54 Å². The topological polar surface area (TPSA) is 52.4 Å². The van der Waals surface area contributed by atoms with Gasteiger partial charge in [-0.1, -0.05) is 34.8 Å². The molecule has 0 N–H and O–H groups in total. The molecule has 4 nitrogen and oxygen atoms in total. The Morgan fingerprint density at radius 2 is 2.25 bits per heavy atom. The van der Waals surface area contributed by atoms with Crippen molar-refractivity contribution < 1.29 is 9.66 Å². The summed E-state index contributed by atoms with van der Waals surface area (Å²) in [5.41, 5.74) is 0.946. The number of hydrogen-bond acceptors (Lipinski definition) is 3. The Kier molecular flexibility index (Phi) is 4.86. The average molecular weight is 283 g/mol. The number of nitro benzene ring substituents is 1. The van der Waals surface area contributed by atoms with Crippen LogP contribution in [-0.2, 0) is 0 Å². The molecule has 0 aromatic heterocycles. The highest BCUT2D eigenvalue weighted by Crippen LogP contribution is 2.30. The van der Waals surface area contributed by atoms with Crippen LogP contribution < -0.4 is 4.74 Å². The number of benzene rings is 1. The van der Waals surface area contributed by atoms with Gasteiger partial charge in [-0.05, 0) is 6.07 Å². The molecule has 0 atom stereocenters. The van der Waals surface area contributed by atoms with E-state index >= 15 is 0 Å². The Morgan fingerprint density at radius 3 is 2.81 bits per heavy atom. The van der Waals surface area contributed by atoms with Gasteiger partial charge in [0.25, 0.3) is 0 Å². The molecule has 7 heteroatoms. The van der Waals surface area contributed by atoms with Crippen molar-refractivity contribution in [2.75, 3.05) is 6.61 Å². The second-order valence-electron chi connectivity index (χ2n) is 2.71. The zero-order valence-electron chi connectivity index (χ0n) is 7.82. The molecule has 0 radical (unpaired) electrons. The molecule has 1 aromatic carbocycles. The fraction of sp³-hybridized carbons (Fsp3) is 0.111. The number of nitrogens with zero attached hydrogens (tertiary/aromatic N) is 1. The fourth-order valence-corrected chi connectivity index (χ4v) is 1.21. The molecule has 0 aliphatic carbocycles. The van der Waals surface area contributed by atoms with Gasteiger partial charge < -0.3 is 4.74 Å². The van der Waals surface area contributed by atoms with Gasteiger partial charge in [0.05, 0.1) is 9.96 Å². The number of ether oxygens (including phenoxy) is 1. The van der Waals surface area contributed by atoms with Crippen molar-refractivity contribution in [1.29, 1.82) is 0 Å². The van der Waals surface area contributed by atoms with Crippen LogP contribution in [0.4, 0.5) is 5.69 Å². The maximum atomic E-state index is 10.7. The van der Waals surface area contributed by atoms with E-state index in [1.807, 2.05) is 0 Å². The van der Waals surface area contributed by atoms with Crippen LogP contribution in [0.15, 0.2) is 28.8 Å². The van der Waals surface area contributed by atoms with E-state index in [0.29, 0.717) is 5.02 Å². The summed E-state index contributed by atoms with van der Waals surface area (Å²) in [6.07, 6.45) is 0. The first-order valence-corrected chi connectivity index (χ1v) is 5.25. The van der Waals surface area contributed by atoms with E-state index in [9.17, 15) is 10.1 Å². The summed E-state index contributed by atoms with van der Waals surface area (Å²) < 4.78 is 5.12. The molecule has 0 aliphatic rings. The van der Waals surface area contributed by atoms with Crippen LogP contribution in [0.3, 0.4) is 0 Å². The van der Waals surface area contributed by atoms with Crippen molar-refractivity contribution in [3.05, 3.63) is 43.9 Å². The third kappa shape index (κ3) is 3.56. The average Bonchev–Trinajstić information content (AvgIpc) is 2.25. The van der Waals surface area contributed by atoms with Crippen LogP contribution in [0, 0.1) is 10.1 Å². The first kappa shape index (κ1) is 13.1. The second-order valence-corrected chi connectivity index (χ2v) is 3.85. The molecule has 86 valence electrons. The third-order valence-corrected chi connectivity index (χ3v) is 2.43. The van der Waals surface area contributed by atoms with Gasteiger partial charge in [0.1, 0.15) is 6.61 Å². The maximum absolute atomic E-state index is 10.7. The van der Waals surface area contributed by atoms with Gasteiger partial charge in [0.2, 0.25) is 0 Å². The van der Waals surface area contributed by atoms with E-state index in [1.54, 1.807) is 0 Å². The smallest absolute Gasteiger partial charge is 0.311 e. The molecule has 0 bridgehead atoms. The quantitative estimate of drug-likeness (QED) is 0.620. The lowest BCUT2D eigenvalue weighted by molar-refractivity contribution is -0.385. The Labute approximate surface area is 107 Å². The van der Waals surface area contributed by atoms with E-state index in [4.69, 9.17) is 39.5 Å². The molecule has 0 aliphatic heterocycles. The second kappa shape index (κ2) is 5.94. The van der Waals surface area contributed by atoms with E-state index < -0.39 is 4.92 Å². The predicted octanol–water partition coefficient (Wildman–Crippen LogP) is 3.95. The highest BCUT2D eigenvalue weighted by molar-refractivity contribution is 6.36. The zero-order valence-corrected chi connectivity index (χ0v) is 10.1. The lowest BCUT2D eigenvalue weighted by atomic mass is 10.3. The molecular formula is C9H6Cl3NO3. The number of nitro groups is 1. The lowest BCUT2D eigenvalue weighted by Gasteiger charge is -2.05. The highest BCUT2D eigenvalue weighted by Gasteiger charge is 2.15. The van der Waals surface area contributed by atoms with Crippen LogP contribution in [0.1, 0.15) is 0 Å². The highest BCUT2D eigenvalue weighted by atomic mass is 35.5. The Bertz CT molecular complexity index is 434. The molecule has 0 fully saturated rings. The first-order valence-electron chi connectivity index (χ1n) is 4.06. The van der Waals surface area contributed by atoms with E-state index in [1.165, 1.54) is 18.2 Å². The van der Waals surface area contributed by atoms with Crippen molar-refractivity contribution >= 4 is 40.5 Å². The standard InChI is InChI=1S/C9H6Cl3NO3/c10-4-7(12)5-16-9-3-6(11)1-2-8(9)13(14)15/h1-4H,5H2. The van der Waals surface area contributed by atoms with Crippen molar-refractivity contribution in [2.24, 2.45) is 0 Å². The van der Waals surface area contributed by atoms with E-state index in [-0.39, 0.29) is 23.1 Å². The van der Waals surface area contributed by atoms with Gasteiger partial charge in [-0.2, -0.15) is 0 Å². The van der Waals surface area contributed by atoms with Gasteiger partial charge in [-0.3, -0.25) is 10.1 Å². The summed E-state index contributed by atoms with van der Waals surface area (Å²) in [5.74, 6) is 0.0502. The molecule has 0 amide bonds. The summed E-state index contributed by atoms with van der Waals surface area (Å²) in [6, 6.07) is 4.01. The Hall–Kier alpha value is -0.970. The van der Waals surface area contributed by atoms with Gasteiger partial charge in [0.15, 0.2) is 5.75 Å².